The number of aromatic carboxylic acids is 1. The summed E-state index contributed by atoms with van der Waals surface area (Å²) in [5.41, 5.74) is 0.794. The number of para-hydroxylation sites is 1. The first-order chi connectivity index (χ1) is 15.1. The smallest absolute Gasteiger partial charge is 0.394 e. The number of hydrogen-bond acceptors (Lipinski definition) is 4. The third-order valence-electron chi connectivity index (χ3n) is 4.97. The van der Waals surface area contributed by atoms with Gasteiger partial charge in [-0.1, -0.05) is 45.4 Å². The van der Waals surface area contributed by atoms with Crippen LogP contribution in [-0.2, 0) is 11.2 Å². The molecule has 8 heteroatoms. The molecule has 174 valence electrons. The van der Waals surface area contributed by atoms with E-state index in [4.69, 9.17) is 4.74 Å². The van der Waals surface area contributed by atoms with Gasteiger partial charge in [-0.25, -0.2) is 4.79 Å². The Kier molecular flexibility index (Phi) is 8.57. The number of benzene rings is 2. The highest BCUT2D eigenvalue weighted by Gasteiger charge is 2.28. The van der Waals surface area contributed by atoms with Gasteiger partial charge >= 0.3 is 12.1 Å². The van der Waals surface area contributed by atoms with Gasteiger partial charge in [-0.15, -0.1) is 0 Å². The number of halogens is 2. The van der Waals surface area contributed by atoms with E-state index in [9.17, 15) is 23.5 Å². The Balaban J connectivity index is 2.26. The monoisotopic (exact) mass is 449 g/mol. The summed E-state index contributed by atoms with van der Waals surface area (Å²) in [7, 11) is 0. The van der Waals surface area contributed by atoms with Gasteiger partial charge < -0.3 is 19.9 Å². The van der Waals surface area contributed by atoms with Crippen LogP contribution < -0.4 is 14.8 Å². The summed E-state index contributed by atoms with van der Waals surface area (Å²) in [6, 6.07) is 9.89. The molecule has 0 heterocycles. The fourth-order valence-corrected chi connectivity index (χ4v) is 3.33. The van der Waals surface area contributed by atoms with E-state index in [0.29, 0.717) is 19.1 Å². The fraction of sp³-hybridized carbons (Fsp3) is 0.417. The molecule has 0 aliphatic carbocycles. The number of ether oxygens (including phenoxy) is 2. The Morgan fingerprint density at radius 2 is 1.81 bits per heavy atom. The first-order valence-electron chi connectivity index (χ1n) is 10.5. The van der Waals surface area contributed by atoms with Crippen molar-refractivity contribution in [3.05, 3.63) is 53.1 Å². The molecule has 0 saturated heterocycles. The second-order valence-electron chi connectivity index (χ2n) is 7.61. The van der Waals surface area contributed by atoms with Gasteiger partial charge in [0.05, 0.1) is 11.3 Å². The maximum Gasteiger partial charge on any atom is 0.394 e. The van der Waals surface area contributed by atoms with Gasteiger partial charge in [-0.2, -0.15) is 8.78 Å². The third-order valence-corrected chi connectivity index (χ3v) is 4.97. The number of carboxylic acid groups (broad SMARTS) is 1. The van der Waals surface area contributed by atoms with Gasteiger partial charge in [0, 0.05) is 12.5 Å². The summed E-state index contributed by atoms with van der Waals surface area (Å²) >= 11 is 0. The largest absolute Gasteiger partial charge is 0.483 e. The lowest BCUT2D eigenvalue weighted by Gasteiger charge is -2.20. The number of hydrogen-bond donors (Lipinski definition) is 2. The lowest BCUT2D eigenvalue weighted by Crippen LogP contribution is -2.24. The van der Waals surface area contributed by atoms with E-state index in [0.717, 1.165) is 12.0 Å². The maximum absolute atomic E-state index is 13.4. The quantitative estimate of drug-likeness (QED) is 0.449. The minimum Gasteiger partial charge on any atom is -0.483 e. The van der Waals surface area contributed by atoms with Crippen LogP contribution in [0.2, 0.25) is 0 Å². The first kappa shape index (κ1) is 25.1. The molecule has 2 aromatic rings. The predicted molar refractivity (Wildman–Crippen MR) is 118 cm³/mol. The van der Waals surface area contributed by atoms with E-state index in [1.165, 1.54) is 12.1 Å². The second-order valence-corrected chi connectivity index (χ2v) is 7.61. The zero-order valence-corrected chi connectivity index (χ0v) is 18.7. The van der Waals surface area contributed by atoms with Crippen LogP contribution >= 0.6 is 0 Å². The number of carbonyl (C=O) groups excluding carboxylic acids is 1. The highest BCUT2D eigenvalue weighted by Crippen LogP contribution is 2.34. The summed E-state index contributed by atoms with van der Waals surface area (Å²) in [6.07, 6.45) is -1.88. The molecule has 6 nitrogen and oxygen atoms in total. The predicted octanol–water partition coefficient (Wildman–Crippen LogP) is 5.86. The average Bonchev–Trinajstić information content (AvgIpc) is 2.72. The van der Waals surface area contributed by atoms with Crippen LogP contribution in [0.4, 0.5) is 14.5 Å². The number of rotatable bonds is 11. The zero-order valence-electron chi connectivity index (χ0n) is 18.7. The summed E-state index contributed by atoms with van der Waals surface area (Å²) in [5, 5.41) is 12.2. The average molecular weight is 449 g/mol. The SMILES string of the molecule is CCCc1c(OC(C)(F)F)ccc(NC(=O)COc2ccccc2C(C)CC)c1C(=O)O. The lowest BCUT2D eigenvalue weighted by atomic mass is 9.98. The standard InChI is InChI=1S/C24H29F2NO5/c1-5-9-17-20(32-24(4,25)26)13-12-18(22(17)23(29)30)27-21(28)14-31-19-11-8-7-10-16(19)15(3)6-2/h7-8,10-13,15H,5-6,9,14H2,1-4H3,(H,27,28)(H,29,30). The molecule has 2 rings (SSSR count). The molecule has 0 fully saturated rings. The molecule has 32 heavy (non-hydrogen) atoms. The Bertz CT molecular complexity index is 956. The minimum atomic E-state index is -3.47. The van der Waals surface area contributed by atoms with Crippen LogP contribution in [0.15, 0.2) is 36.4 Å². The Labute approximate surface area is 186 Å². The summed E-state index contributed by atoms with van der Waals surface area (Å²) in [5.74, 6) is -1.32. The van der Waals surface area contributed by atoms with Crippen molar-refractivity contribution in [1.29, 1.82) is 0 Å². The highest BCUT2D eigenvalue weighted by atomic mass is 19.3. The van der Waals surface area contributed by atoms with Crippen LogP contribution in [-0.4, -0.2) is 29.7 Å². The molecule has 0 saturated carbocycles. The van der Waals surface area contributed by atoms with Gasteiger partial charge in [-0.05, 0) is 42.5 Å². The summed E-state index contributed by atoms with van der Waals surface area (Å²) in [4.78, 5) is 24.4. The molecule has 0 bridgehead atoms. The molecule has 0 aliphatic rings. The Morgan fingerprint density at radius 3 is 2.41 bits per heavy atom. The molecule has 0 aromatic heterocycles. The Hall–Kier alpha value is -3.16. The van der Waals surface area contributed by atoms with Crippen LogP contribution in [0.5, 0.6) is 11.5 Å². The molecule has 1 amide bonds. The first-order valence-corrected chi connectivity index (χ1v) is 10.5. The molecule has 1 atom stereocenters. The van der Waals surface area contributed by atoms with E-state index in [1.54, 1.807) is 19.1 Å². The van der Waals surface area contributed by atoms with Crippen molar-refractivity contribution in [3.63, 3.8) is 0 Å². The van der Waals surface area contributed by atoms with Crippen molar-refractivity contribution in [2.75, 3.05) is 11.9 Å². The molecule has 0 spiro atoms. The van der Waals surface area contributed by atoms with E-state index in [1.807, 2.05) is 12.1 Å². The molecule has 1 unspecified atom stereocenters. The van der Waals surface area contributed by atoms with Gasteiger partial charge in [-0.3, -0.25) is 4.79 Å². The van der Waals surface area contributed by atoms with Crippen molar-refractivity contribution in [2.24, 2.45) is 0 Å². The van der Waals surface area contributed by atoms with Gasteiger partial charge in [0.25, 0.3) is 5.91 Å². The van der Waals surface area contributed by atoms with Crippen LogP contribution in [0.1, 0.15) is 67.9 Å². The summed E-state index contributed by atoms with van der Waals surface area (Å²) < 4.78 is 37.1. The maximum atomic E-state index is 13.4. The zero-order chi connectivity index (χ0) is 23.9. The van der Waals surface area contributed by atoms with Crippen molar-refractivity contribution in [1.82, 2.24) is 0 Å². The van der Waals surface area contributed by atoms with E-state index in [-0.39, 0.29) is 41.5 Å². The van der Waals surface area contributed by atoms with Crippen LogP contribution in [0.25, 0.3) is 0 Å². The fourth-order valence-electron chi connectivity index (χ4n) is 3.33. The summed E-state index contributed by atoms with van der Waals surface area (Å²) in [6.45, 7) is 6.14. The third kappa shape index (κ3) is 6.67. The van der Waals surface area contributed by atoms with Crippen molar-refractivity contribution >= 4 is 17.6 Å². The van der Waals surface area contributed by atoms with Gasteiger partial charge in [0.1, 0.15) is 11.5 Å². The topological polar surface area (TPSA) is 84.9 Å². The Morgan fingerprint density at radius 1 is 1.12 bits per heavy atom. The number of anilines is 1. The molecular formula is C24H29F2NO5. The van der Waals surface area contributed by atoms with Crippen molar-refractivity contribution in [3.8, 4) is 11.5 Å². The van der Waals surface area contributed by atoms with Crippen LogP contribution in [0.3, 0.4) is 0 Å². The van der Waals surface area contributed by atoms with Crippen molar-refractivity contribution in [2.45, 2.75) is 59.0 Å². The molecule has 0 radical (unpaired) electrons. The van der Waals surface area contributed by atoms with E-state index in [2.05, 4.69) is 23.9 Å². The normalized spacial score (nSPS) is 12.2. The molecular weight excluding hydrogens is 420 g/mol. The van der Waals surface area contributed by atoms with Gasteiger partial charge in [0.2, 0.25) is 0 Å². The number of carbonyl (C=O) groups is 2. The second kappa shape index (κ2) is 10.9. The number of amides is 1. The van der Waals surface area contributed by atoms with Crippen molar-refractivity contribution < 1.29 is 33.0 Å². The van der Waals surface area contributed by atoms with E-state index < -0.39 is 18.0 Å². The molecule has 0 aliphatic heterocycles. The number of alkyl halides is 2. The molecule has 2 N–H and O–H groups in total. The van der Waals surface area contributed by atoms with Gasteiger partial charge in [0.15, 0.2) is 6.61 Å². The lowest BCUT2D eigenvalue weighted by molar-refractivity contribution is -0.159. The highest BCUT2D eigenvalue weighted by molar-refractivity contribution is 6.02. The number of nitrogens with one attached hydrogen (secondary N) is 1. The van der Waals surface area contributed by atoms with Crippen LogP contribution in [0, 0.1) is 0 Å². The molecule has 2 aromatic carbocycles. The number of carboxylic acids is 1. The minimum absolute atomic E-state index is 0.00321. The van der Waals surface area contributed by atoms with E-state index >= 15 is 0 Å².